The molecule has 1 saturated heterocycles. The van der Waals surface area contributed by atoms with Crippen LogP contribution >= 0.6 is 23.5 Å². The van der Waals surface area contributed by atoms with E-state index < -0.39 is 54.2 Å². The number of nitrogens with zero attached hydrogens (tertiary/aromatic N) is 2. The number of phosphoric acid groups is 3. The van der Waals surface area contributed by atoms with E-state index in [2.05, 4.69) is 18.1 Å². The number of anilines is 1. The third kappa shape index (κ3) is 6.81. The fourth-order valence-corrected chi connectivity index (χ4v) is 5.24. The van der Waals surface area contributed by atoms with Gasteiger partial charge in [0.05, 0.1) is 12.7 Å². The van der Waals surface area contributed by atoms with Gasteiger partial charge in [0.1, 0.15) is 11.9 Å². The highest BCUT2D eigenvalue weighted by Gasteiger charge is 2.42. The van der Waals surface area contributed by atoms with Crippen molar-refractivity contribution in [3.8, 4) is 0 Å². The molecule has 0 bridgehead atoms. The van der Waals surface area contributed by atoms with E-state index in [1.807, 2.05) is 0 Å². The number of aromatic nitrogens is 2. The molecule has 2 heterocycles. The van der Waals surface area contributed by atoms with Crippen molar-refractivity contribution in [2.24, 2.45) is 0 Å². The summed E-state index contributed by atoms with van der Waals surface area (Å²) in [7, 11) is -16.5. The third-order valence-corrected chi connectivity index (χ3v) is 6.93. The second kappa shape index (κ2) is 8.40. The van der Waals surface area contributed by atoms with Crippen LogP contribution in [0.1, 0.15) is 12.6 Å². The molecule has 0 spiro atoms. The molecular weight excluding hydrogens is 451 g/mol. The summed E-state index contributed by atoms with van der Waals surface area (Å²) in [6.45, 7) is -0.756. The van der Waals surface area contributed by atoms with Gasteiger partial charge in [-0.05, 0) is 6.07 Å². The summed E-state index contributed by atoms with van der Waals surface area (Å²) < 4.78 is 51.2. The van der Waals surface area contributed by atoms with E-state index in [1.165, 1.54) is 12.3 Å². The molecule has 1 aliphatic heterocycles. The molecule has 5 atom stereocenters. The summed E-state index contributed by atoms with van der Waals surface area (Å²) >= 11 is 0. The van der Waals surface area contributed by atoms with E-state index in [9.17, 15) is 28.5 Å². The Morgan fingerprint density at radius 3 is 2.43 bits per heavy atom. The van der Waals surface area contributed by atoms with E-state index in [0.717, 1.165) is 4.57 Å². The normalized spacial score (nSPS) is 27.2. The molecule has 1 aromatic heterocycles. The maximum absolute atomic E-state index is 11.8. The van der Waals surface area contributed by atoms with Gasteiger partial charge in [0.15, 0.2) is 6.23 Å². The van der Waals surface area contributed by atoms with Crippen molar-refractivity contribution in [1.82, 2.24) is 9.55 Å². The number of hydrogen-bond donors (Lipinski definition) is 6. The van der Waals surface area contributed by atoms with Crippen LogP contribution in [0.2, 0.25) is 0 Å². The number of nitrogen functional groups attached to an aromatic ring is 1. The molecular formula is C9H16N3O13P3. The van der Waals surface area contributed by atoms with Crippen molar-refractivity contribution in [1.29, 1.82) is 0 Å². The van der Waals surface area contributed by atoms with Crippen LogP contribution in [0.3, 0.4) is 0 Å². The first-order chi connectivity index (χ1) is 12.7. The minimum absolute atomic E-state index is 0.0575. The zero-order valence-electron chi connectivity index (χ0n) is 13.6. The van der Waals surface area contributed by atoms with Gasteiger partial charge in [0.2, 0.25) is 0 Å². The lowest BCUT2D eigenvalue weighted by Gasteiger charge is -2.19. The highest BCUT2D eigenvalue weighted by molar-refractivity contribution is 7.66. The first-order valence-electron chi connectivity index (χ1n) is 7.14. The summed E-state index contributed by atoms with van der Waals surface area (Å²) in [5.74, 6) is -0.0575. The van der Waals surface area contributed by atoms with Crippen LogP contribution in [-0.4, -0.2) is 53.0 Å². The van der Waals surface area contributed by atoms with Gasteiger partial charge in [-0.25, -0.2) is 18.5 Å². The highest BCUT2D eigenvalue weighted by atomic mass is 31.3. The number of hydrogen-bond acceptors (Lipinski definition) is 11. The largest absolute Gasteiger partial charge is 0.490 e. The van der Waals surface area contributed by atoms with Gasteiger partial charge in [0.25, 0.3) is 0 Å². The van der Waals surface area contributed by atoms with E-state index in [1.54, 1.807) is 0 Å². The lowest BCUT2D eigenvalue weighted by molar-refractivity contribution is -0.0523. The molecule has 0 aromatic carbocycles. The Balaban J connectivity index is 1.97. The summed E-state index contributed by atoms with van der Waals surface area (Å²) in [6, 6.07) is 1.27. The maximum atomic E-state index is 11.8. The standard InChI is InChI=1S/C9H16N3O13P3/c10-7-1-2-12(9(14)11-7)8-6(13)3-5(23-8)4-22-27(18,19)25-28(20,21)24-26(15,16)17/h1-2,5-6,8,13H,3-4H2,(H,18,19)(H,20,21)(H2,10,11,14)(H2,15,16,17)/t5?,6?,8-/m1/s1. The molecule has 1 aliphatic rings. The SMILES string of the molecule is Nc1ccn([C@@H]2OC(COP(=O)(O)OP(=O)(O)OP(=O)(O)O)CC2O)c(=O)n1. The second-order valence-electron chi connectivity index (χ2n) is 5.38. The van der Waals surface area contributed by atoms with Gasteiger partial charge in [-0.15, -0.1) is 0 Å². The van der Waals surface area contributed by atoms with Crippen LogP contribution in [0.25, 0.3) is 0 Å². The summed E-state index contributed by atoms with van der Waals surface area (Å²) in [5, 5.41) is 10.00. The van der Waals surface area contributed by atoms with Gasteiger partial charge in [0, 0.05) is 12.6 Å². The smallest absolute Gasteiger partial charge is 0.388 e. The first kappa shape index (κ1) is 23.3. The Morgan fingerprint density at radius 2 is 1.86 bits per heavy atom. The van der Waals surface area contributed by atoms with E-state index in [0.29, 0.717) is 0 Å². The number of aliphatic hydroxyl groups is 1. The Labute approximate surface area is 155 Å². The van der Waals surface area contributed by atoms with Crippen LogP contribution in [0.5, 0.6) is 0 Å². The van der Waals surface area contributed by atoms with E-state index >= 15 is 0 Å². The van der Waals surface area contributed by atoms with Crippen molar-refractivity contribution in [3.63, 3.8) is 0 Å². The molecule has 160 valence electrons. The number of nitrogens with two attached hydrogens (primary N) is 1. The van der Waals surface area contributed by atoms with Crippen molar-refractivity contribution >= 4 is 29.3 Å². The summed E-state index contributed by atoms with van der Waals surface area (Å²) in [5.41, 5.74) is 4.53. The van der Waals surface area contributed by atoms with Crippen molar-refractivity contribution in [2.75, 3.05) is 12.3 Å². The zero-order valence-corrected chi connectivity index (χ0v) is 16.3. The molecule has 0 amide bonds. The van der Waals surface area contributed by atoms with Gasteiger partial charge in [-0.2, -0.15) is 13.6 Å². The zero-order chi connectivity index (χ0) is 21.3. The predicted octanol–water partition coefficient (Wildman–Crippen LogP) is -1.18. The molecule has 2 rings (SSSR count). The highest BCUT2D eigenvalue weighted by Crippen LogP contribution is 2.66. The van der Waals surface area contributed by atoms with Crippen LogP contribution in [0.15, 0.2) is 17.1 Å². The number of rotatable bonds is 8. The number of aliphatic hydroxyl groups excluding tert-OH is 1. The molecule has 19 heteroatoms. The predicted molar refractivity (Wildman–Crippen MR) is 87.3 cm³/mol. The molecule has 1 aromatic rings. The lowest BCUT2D eigenvalue weighted by Crippen LogP contribution is -2.31. The van der Waals surface area contributed by atoms with E-state index in [-0.39, 0.29) is 12.2 Å². The summed E-state index contributed by atoms with van der Waals surface area (Å²) in [6.07, 6.45) is -2.47. The van der Waals surface area contributed by atoms with E-state index in [4.69, 9.17) is 25.2 Å². The Kier molecular flexibility index (Phi) is 6.99. The quantitative estimate of drug-likeness (QED) is 0.246. The van der Waals surface area contributed by atoms with Crippen LogP contribution in [-0.2, 0) is 31.6 Å². The minimum Gasteiger partial charge on any atom is -0.388 e. The molecule has 0 aliphatic carbocycles. The molecule has 7 N–H and O–H groups in total. The molecule has 1 fully saturated rings. The Bertz CT molecular complexity index is 914. The Morgan fingerprint density at radius 1 is 1.21 bits per heavy atom. The average Bonchev–Trinajstić information content (AvgIpc) is 2.82. The lowest BCUT2D eigenvalue weighted by atomic mass is 10.2. The van der Waals surface area contributed by atoms with Gasteiger partial charge < -0.3 is 35.2 Å². The van der Waals surface area contributed by atoms with Crippen LogP contribution in [0.4, 0.5) is 5.82 Å². The average molecular weight is 467 g/mol. The topological polar surface area (TPSA) is 250 Å². The van der Waals surface area contributed by atoms with Gasteiger partial charge >= 0.3 is 29.2 Å². The molecule has 0 radical (unpaired) electrons. The van der Waals surface area contributed by atoms with Crippen LogP contribution < -0.4 is 11.4 Å². The molecule has 28 heavy (non-hydrogen) atoms. The van der Waals surface area contributed by atoms with Gasteiger partial charge in [-0.1, -0.05) is 0 Å². The van der Waals surface area contributed by atoms with Crippen LogP contribution in [0, 0.1) is 0 Å². The van der Waals surface area contributed by atoms with Crippen molar-refractivity contribution in [3.05, 3.63) is 22.7 Å². The maximum Gasteiger partial charge on any atom is 0.490 e. The van der Waals surface area contributed by atoms with Crippen molar-refractivity contribution in [2.45, 2.75) is 24.9 Å². The summed E-state index contributed by atoms with van der Waals surface area (Å²) in [4.78, 5) is 50.5. The number of phosphoric ester groups is 1. The molecule has 4 unspecified atom stereocenters. The number of ether oxygens (including phenoxy) is 1. The van der Waals surface area contributed by atoms with Gasteiger partial charge in [-0.3, -0.25) is 9.09 Å². The minimum atomic E-state index is -5.64. The molecule has 0 saturated carbocycles. The second-order valence-corrected chi connectivity index (χ2v) is 9.80. The fraction of sp³-hybridized carbons (Fsp3) is 0.556. The Hall–Kier alpha value is -0.990. The van der Waals surface area contributed by atoms with Crippen molar-refractivity contribution < 1.29 is 56.3 Å². The molecule has 16 nitrogen and oxygen atoms in total. The first-order valence-corrected chi connectivity index (χ1v) is 11.7. The fourth-order valence-electron chi connectivity index (χ4n) is 2.19. The third-order valence-electron chi connectivity index (χ3n) is 3.13. The monoisotopic (exact) mass is 467 g/mol.